The Kier molecular flexibility index (Phi) is 8.14. The fourth-order valence-corrected chi connectivity index (χ4v) is 3.01. The molecule has 9 heteroatoms. The van der Waals surface area contributed by atoms with Crippen molar-refractivity contribution in [3.05, 3.63) is 80.5 Å². The van der Waals surface area contributed by atoms with E-state index in [1.807, 2.05) is 36.4 Å². The van der Waals surface area contributed by atoms with Crippen molar-refractivity contribution < 1.29 is 9.34 Å². The van der Waals surface area contributed by atoms with Gasteiger partial charge in [0.15, 0.2) is 0 Å². The molecule has 0 bridgehead atoms. The predicted molar refractivity (Wildman–Crippen MR) is 115 cm³/mol. The van der Waals surface area contributed by atoms with Gasteiger partial charge < -0.3 is 15.1 Å². The van der Waals surface area contributed by atoms with Gasteiger partial charge in [-0.2, -0.15) is 0 Å². The molecule has 2 aromatic carbocycles. The maximum absolute atomic E-state index is 10.7. The minimum atomic E-state index is -0.475. The second-order valence-electron chi connectivity index (χ2n) is 5.77. The quantitative estimate of drug-likeness (QED) is 0.262. The van der Waals surface area contributed by atoms with E-state index in [9.17, 15) is 10.1 Å². The van der Waals surface area contributed by atoms with Gasteiger partial charge in [0, 0.05) is 30.8 Å². The topological polar surface area (TPSA) is 80.3 Å². The molecular formula is C19H18Cl3N3O3. The third-order valence-corrected chi connectivity index (χ3v) is 4.52. The summed E-state index contributed by atoms with van der Waals surface area (Å²) < 4.78 is 5.82. The SMILES string of the molecule is Cl.O=[N+]([O-])c1ccc(NCCNCc2ccc(-c3ccccc3Cl)o2)c(Cl)c1. The average Bonchev–Trinajstić information content (AvgIpc) is 3.11. The number of nitro groups is 1. The fraction of sp³-hybridized carbons (Fsp3) is 0.158. The molecular weight excluding hydrogens is 425 g/mol. The van der Waals surface area contributed by atoms with Crippen LogP contribution in [-0.2, 0) is 6.54 Å². The Morgan fingerprint density at radius 2 is 1.79 bits per heavy atom. The van der Waals surface area contributed by atoms with Crippen LogP contribution in [0.3, 0.4) is 0 Å². The third kappa shape index (κ3) is 5.62. The molecule has 0 radical (unpaired) electrons. The number of nitrogens with one attached hydrogen (secondary N) is 2. The molecule has 3 aromatic rings. The smallest absolute Gasteiger partial charge is 0.271 e. The first-order valence-electron chi connectivity index (χ1n) is 8.27. The molecule has 0 aliphatic carbocycles. The van der Waals surface area contributed by atoms with E-state index in [1.54, 1.807) is 6.07 Å². The number of anilines is 1. The second-order valence-corrected chi connectivity index (χ2v) is 6.59. The van der Waals surface area contributed by atoms with Crippen molar-refractivity contribution in [2.75, 3.05) is 18.4 Å². The van der Waals surface area contributed by atoms with Gasteiger partial charge >= 0.3 is 0 Å². The summed E-state index contributed by atoms with van der Waals surface area (Å²) in [5.74, 6) is 1.53. The van der Waals surface area contributed by atoms with Crippen molar-refractivity contribution in [1.82, 2.24) is 5.32 Å². The van der Waals surface area contributed by atoms with Gasteiger partial charge in [-0.1, -0.05) is 35.3 Å². The minimum absolute atomic E-state index is 0. The number of benzene rings is 2. The molecule has 1 aromatic heterocycles. The molecule has 0 aliphatic rings. The van der Waals surface area contributed by atoms with Crippen LogP contribution >= 0.6 is 35.6 Å². The first kappa shape index (κ1) is 22.0. The van der Waals surface area contributed by atoms with E-state index < -0.39 is 4.92 Å². The molecule has 3 rings (SSSR count). The fourth-order valence-electron chi connectivity index (χ4n) is 2.54. The molecule has 148 valence electrons. The van der Waals surface area contributed by atoms with Crippen molar-refractivity contribution in [1.29, 1.82) is 0 Å². The first-order chi connectivity index (χ1) is 13.0. The molecule has 1 heterocycles. The monoisotopic (exact) mass is 441 g/mol. The first-order valence-corrected chi connectivity index (χ1v) is 9.02. The summed E-state index contributed by atoms with van der Waals surface area (Å²) in [5.41, 5.74) is 1.48. The number of rotatable bonds is 8. The van der Waals surface area contributed by atoms with Crippen LogP contribution in [0, 0.1) is 10.1 Å². The summed E-state index contributed by atoms with van der Waals surface area (Å²) in [6.45, 7) is 1.84. The van der Waals surface area contributed by atoms with Gasteiger partial charge in [0.2, 0.25) is 0 Å². The second kappa shape index (κ2) is 10.3. The average molecular weight is 443 g/mol. The molecule has 0 fully saturated rings. The summed E-state index contributed by atoms with van der Waals surface area (Å²) in [7, 11) is 0. The molecule has 6 nitrogen and oxygen atoms in total. The number of halogens is 3. The standard InChI is InChI=1S/C19H17Cl2N3O3.ClH/c20-16-4-2-1-3-15(16)19-8-6-14(27-19)12-22-9-10-23-18-7-5-13(24(25)26)11-17(18)21;/h1-8,11,22-23H,9-10,12H2;1H. The lowest BCUT2D eigenvalue weighted by Gasteiger charge is -2.08. The zero-order valence-corrected chi connectivity index (χ0v) is 17.0. The summed E-state index contributed by atoms with van der Waals surface area (Å²) in [6.07, 6.45) is 0. The molecule has 0 aliphatic heterocycles. The number of non-ortho nitro benzene ring substituents is 1. The Morgan fingerprint density at radius 1 is 1.00 bits per heavy atom. The summed E-state index contributed by atoms with van der Waals surface area (Å²) in [4.78, 5) is 10.2. The molecule has 0 saturated heterocycles. The maximum atomic E-state index is 10.7. The van der Waals surface area contributed by atoms with Crippen molar-refractivity contribution >= 4 is 47.0 Å². The highest BCUT2D eigenvalue weighted by Crippen LogP contribution is 2.29. The van der Waals surface area contributed by atoms with Crippen molar-refractivity contribution in [3.8, 4) is 11.3 Å². The van der Waals surface area contributed by atoms with Gasteiger partial charge in [-0.05, 0) is 30.3 Å². The third-order valence-electron chi connectivity index (χ3n) is 3.88. The van der Waals surface area contributed by atoms with Crippen LogP contribution in [0.15, 0.2) is 59.0 Å². The van der Waals surface area contributed by atoms with Gasteiger partial charge in [0.05, 0.1) is 27.2 Å². The number of hydrogen-bond acceptors (Lipinski definition) is 5. The van der Waals surface area contributed by atoms with Crippen LogP contribution in [0.25, 0.3) is 11.3 Å². The van der Waals surface area contributed by atoms with Crippen LogP contribution in [0.4, 0.5) is 11.4 Å². The number of nitro benzene ring substituents is 1. The normalized spacial score (nSPS) is 10.4. The van der Waals surface area contributed by atoms with E-state index in [0.717, 1.165) is 17.1 Å². The van der Waals surface area contributed by atoms with Crippen LogP contribution < -0.4 is 10.6 Å². The van der Waals surface area contributed by atoms with Crippen LogP contribution in [-0.4, -0.2) is 18.0 Å². The van der Waals surface area contributed by atoms with Gasteiger partial charge in [-0.15, -0.1) is 12.4 Å². The summed E-state index contributed by atoms with van der Waals surface area (Å²) in [6, 6.07) is 15.7. The largest absolute Gasteiger partial charge is 0.460 e. The van der Waals surface area contributed by atoms with E-state index in [0.29, 0.717) is 35.4 Å². The Labute approximate surface area is 178 Å². The lowest BCUT2D eigenvalue weighted by molar-refractivity contribution is -0.384. The zero-order valence-electron chi connectivity index (χ0n) is 14.7. The van der Waals surface area contributed by atoms with Crippen molar-refractivity contribution in [2.45, 2.75) is 6.54 Å². The molecule has 28 heavy (non-hydrogen) atoms. The van der Waals surface area contributed by atoms with E-state index in [4.69, 9.17) is 27.6 Å². The highest BCUT2D eigenvalue weighted by molar-refractivity contribution is 6.33. The highest BCUT2D eigenvalue weighted by Gasteiger charge is 2.09. The highest BCUT2D eigenvalue weighted by atomic mass is 35.5. The van der Waals surface area contributed by atoms with E-state index in [2.05, 4.69) is 10.6 Å². The Hall–Kier alpha value is -2.25. The number of nitrogens with zero attached hydrogens (tertiary/aromatic N) is 1. The molecule has 0 spiro atoms. The molecule has 0 atom stereocenters. The minimum Gasteiger partial charge on any atom is -0.460 e. The summed E-state index contributed by atoms with van der Waals surface area (Å²) in [5, 5.41) is 18.1. The molecule has 0 unspecified atom stereocenters. The van der Waals surface area contributed by atoms with Crippen LogP contribution in [0.5, 0.6) is 0 Å². The zero-order chi connectivity index (χ0) is 19.2. The molecule has 0 saturated carbocycles. The molecule has 2 N–H and O–H groups in total. The molecule has 0 amide bonds. The van der Waals surface area contributed by atoms with E-state index >= 15 is 0 Å². The van der Waals surface area contributed by atoms with Gasteiger partial charge in [-0.3, -0.25) is 10.1 Å². The van der Waals surface area contributed by atoms with Crippen LogP contribution in [0.2, 0.25) is 10.0 Å². The van der Waals surface area contributed by atoms with E-state index in [1.165, 1.54) is 12.1 Å². The lowest BCUT2D eigenvalue weighted by atomic mass is 10.2. The Morgan fingerprint density at radius 3 is 2.50 bits per heavy atom. The van der Waals surface area contributed by atoms with Gasteiger partial charge in [0.25, 0.3) is 5.69 Å². The lowest BCUT2D eigenvalue weighted by Crippen LogP contribution is -2.21. The Balaban J connectivity index is 0.00000280. The van der Waals surface area contributed by atoms with Gasteiger partial charge in [0.1, 0.15) is 11.5 Å². The maximum Gasteiger partial charge on any atom is 0.271 e. The van der Waals surface area contributed by atoms with Crippen LogP contribution in [0.1, 0.15) is 5.76 Å². The summed E-state index contributed by atoms with van der Waals surface area (Å²) >= 11 is 12.2. The number of hydrogen-bond donors (Lipinski definition) is 2. The number of furan rings is 1. The predicted octanol–water partition coefficient (Wildman–Crippen LogP) is 5.79. The van der Waals surface area contributed by atoms with E-state index in [-0.39, 0.29) is 18.1 Å². The van der Waals surface area contributed by atoms with Crippen molar-refractivity contribution in [3.63, 3.8) is 0 Å². The van der Waals surface area contributed by atoms with Gasteiger partial charge in [-0.25, -0.2) is 0 Å². The van der Waals surface area contributed by atoms with Crippen molar-refractivity contribution in [2.24, 2.45) is 0 Å². The Bertz CT molecular complexity index is 947.